The van der Waals surface area contributed by atoms with E-state index in [1.807, 2.05) is 38.1 Å². The smallest absolute Gasteiger partial charge is 0.193 e. The van der Waals surface area contributed by atoms with E-state index in [1.165, 1.54) is 5.57 Å². The van der Waals surface area contributed by atoms with Gasteiger partial charge in [0, 0.05) is 5.69 Å². The van der Waals surface area contributed by atoms with Crippen LogP contribution in [0.4, 0.5) is 5.69 Å². The van der Waals surface area contributed by atoms with Crippen molar-refractivity contribution in [1.29, 1.82) is 0 Å². The Kier molecular flexibility index (Phi) is 5.63. The quantitative estimate of drug-likeness (QED) is 0.496. The van der Waals surface area contributed by atoms with Gasteiger partial charge in [-0.25, -0.2) is 4.99 Å². The SMILES string of the molecule is CC(C)Oc1ccc(NC(N)=NCC2=CCOCC2)cc1. The molecule has 1 aliphatic rings. The zero-order valence-corrected chi connectivity index (χ0v) is 12.6. The number of hydrogen-bond acceptors (Lipinski definition) is 3. The predicted molar refractivity (Wildman–Crippen MR) is 85.8 cm³/mol. The molecule has 3 N–H and O–H groups in total. The summed E-state index contributed by atoms with van der Waals surface area (Å²) in [5.74, 6) is 1.26. The Balaban J connectivity index is 1.86. The molecule has 0 spiro atoms. The van der Waals surface area contributed by atoms with Gasteiger partial charge in [-0.2, -0.15) is 0 Å². The van der Waals surface area contributed by atoms with Crippen molar-refractivity contribution in [1.82, 2.24) is 0 Å². The molecule has 2 rings (SSSR count). The van der Waals surface area contributed by atoms with Gasteiger partial charge in [0.25, 0.3) is 0 Å². The second-order valence-electron chi connectivity index (χ2n) is 5.20. The van der Waals surface area contributed by atoms with Crippen LogP contribution in [0.3, 0.4) is 0 Å². The van der Waals surface area contributed by atoms with Crippen molar-refractivity contribution in [3.63, 3.8) is 0 Å². The Hall–Kier alpha value is -2.01. The number of guanidine groups is 1. The number of nitrogens with one attached hydrogen (secondary N) is 1. The van der Waals surface area contributed by atoms with Crippen molar-refractivity contribution < 1.29 is 9.47 Å². The number of aliphatic imine (C=N–C) groups is 1. The Bertz CT molecular complexity index is 507. The van der Waals surface area contributed by atoms with Crippen LogP contribution < -0.4 is 15.8 Å². The summed E-state index contributed by atoms with van der Waals surface area (Å²) in [6, 6.07) is 7.68. The number of anilines is 1. The van der Waals surface area contributed by atoms with Crippen LogP contribution in [-0.2, 0) is 4.74 Å². The lowest BCUT2D eigenvalue weighted by molar-refractivity contribution is 0.154. The van der Waals surface area contributed by atoms with Gasteiger partial charge in [-0.1, -0.05) is 6.08 Å². The lowest BCUT2D eigenvalue weighted by Gasteiger charge is -2.12. The first kappa shape index (κ1) is 15.4. The Morgan fingerprint density at radius 3 is 2.76 bits per heavy atom. The number of hydrogen-bond donors (Lipinski definition) is 2. The fourth-order valence-electron chi connectivity index (χ4n) is 1.97. The van der Waals surface area contributed by atoms with Gasteiger partial charge in [-0.3, -0.25) is 0 Å². The van der Waals surface area contributed by atoms with E-state index in [0.717, 1.165) is 24.5 Å². The molecule has 0 bridgehead atoms. The number of benzene rings is 1. The maximum atomic E-state index is 5.89. The first-order valence-corrected chi connectivity index (χ1v) is 7.23. The highest BCUT2D eigenvalue weighted by Crippen LogP contribution is 2.16. The van der Waals surface area contributed by atoms with Crippen molar-refractivity contribution in [3.8, 4) is 5.75 Å². The normalized spacial score (nSPS) is 15.8. The summed E-state index contributed by atoms with van der Waals surface area (Å²) in [5, 5.41) is 3.08. The van der Waals surface area contributed by atoms with Crippen LogP contribution in [-0.4, -0.2) is 31.8 Å². The average molecular weight is 289 g/mol. The fourth-order valence-corrected chi connectivity index (χ4v) is 1.97. The molecule has 0 atom stereocenters. The molecule has 0 radical (unpaired) electrons. The maximum Gasteiger partial charge on any atom is 0.193 e. The van der Waals surface area contributed by atoms with Crippen molar-refractivity contribution >= 4 is 11.6 Å². The van der Waals surface area contributed by atoms with Crippen molar-refractivity contribution in [2.75, 3.05) is 25.1 Å². The van der Waals surface area contributed by atoms with Gasteiger partial charge in [0.2, 0.25) is 0 Å². The van der Waals surface area contributed by atoms with Crippen LogP contribution in [0.15, 0.2) is 40.9 Å². The Labute approximate surface area is 125 Å². The molecule has 0 aliphatic carbocycles. The van der Waals surface area contributed by atoms with E-state index in [0.29, 0.717) is 19.1 Å². The molecule has 0 fully saturated rings. The minimum absolute atomic E-state index is 0.170. The number of ether oxygens (including phenoxy) is 2. The number of nitrogens with two attached hydrogens (primary N) is 1. The van der Waals surface area contributed by atoms with Crippen molar-refractivity contribution in [2.45, 2.75) is 26.4 Å². The van der Waals surface area contributed by atoms with Crippen LogP contribution in [0.5, 0.6) is 5.75 Å². The maximum absolute atomic E-state index is 5.89. The highest BCUT2D eigenvalue weighted by molar-refractivity contribution is 5.92. The molecular weight excluding hydrogens is 266 g/mol. The highest BCUT2D eigenvalue weighted by atomic mass is 16.5. The van der Waals surface area contributed by atoms with E-state index >= 15 is 0 Å². The molecule has 5 heteroatoms. The number of nitrogens with zero attached hydrogens (tertiary/aromatic N) is 1. The first-order valence-electron chi connectivity index (χ1n) is 7.23. The Morgan fingerprint density at radius 1 is 1.38 bits per heavy atom. The summed E-state index contributed by atoms with van der Waals surface area (Å²) >= 11 is 0. The Morgan fingerprint density at radius 2 is 2.14 bits per heavy atom. The number of rotatable bonds is 5. The molecule has 1 aliphatic heterocycles. The topological polar surface area (TPSA) is 68.9 Å². The van der Waals surface area contributed by atoms with Crippen LogP contribution in [0.1, 0.15) is 20.3 Å². The third kappa shape index (κ3) is 5.47. The minimum atomic E-state index is 0.170. The van der Waals surface area contributed by atoms with E-state index in [1.54, 1.807) is 0 Å². The van der Waals surface area contributed by atoms with Gasteiger partial charge in [-0.15, -0.1) is 0 Å². The molecule has 0 unspecified atom stereocenters. The molecule has 21 heavy (non-hydrogen) atoms. The average Bonchev–Trinajstić information content (AvgIpc) is 2.48. The molecule has 0 amide bonds. The zero-order valence-electron chi connectivity index (χ0n) is 12.6. The molecule has 114 valence electrons. The van der Waals surface area contributed by atoms with Gasteiger partial charge in [0.1, 0.15) is 5.75 Å². The molecule has 1 aromatic carbocycles. The first-order chi connectivity index (χ1) is 10.1. The van der Waals surface area contributed by atoms with Crippen LogP contribution in [0.25, 0.3) is 0 Å². The summed E-state index contributed by atoms with van der Waals surface area (Å²) in [5.41, 5.74) is 8.06. The van der Waals surface area contributed by atoms with Gasteiger partial charge < -0.3 is 20.5 Å². The van der Waals surface area contributed by atoms with Crippen molar-refractivity contribution in [2.24, 2.45) is 10.7 Å². The summed E-state index contributed by atoms with van der Waals surface area (Å²) in [7, 11) is 0. The molecule has 1 aromatic rings. The monoisotopic (exact) mass is 289 g/mol. The summed E-state index contributed by atoms with van der Waals surface area (Å²) in [6.07, 6.45) is 3.17. The zero-order chi connectivity index (χ0) is 15.1. The molecule has 1 heterocycles. The van der Waals surface area contributed by atoms with E-state index in [-0.39, 0.29) is 6.10 Å². The lowest BCUT2D eigenvalue weighted by atomic mass is 10.1. The van der Waals surface area contributed by atoms with Crippen LogP contribution >= 0.6 is 0 Å². The van der Waals surface area contributed by atoms with Crippen LogP contribution in [0.2, 0.25) is 0 Å². The third-order valence-electron chi connectivity index (χ3n) is 3.01. The minimum Gasteiger partial charge on any atom is -0.491 e. The molecular formula is C16H23N3O2. The molecule has 5 nitrogen and oxygen atoms in total. The standard InChI is InChI=1S/C16H23N3O2/c1-12(2)21-15-5-3-14(4-6-15)19-16(17)18-11-13-7-9-20-10-8-13/h3-7,12H,8-11H2,1-2H3,(H3,17,18,19). The van der Waals surface area contributed by atoms with Gasteiger partial charge in [0.15, 0.2) is 5.96 Å². The van der Waals surface area contributed by atoms with E-state index in [4.69, 9.17) is 15.2 Å². The third-order valence-corrected chi connectivity index (χ3v) is 3.01. The summed E-state index contributed by atoms with van der Waals surface area (Å²) in [6.45, 7) is 6.07. The summed E-state index contributed by atoms with van der Waals surface area (Å²) < 4.78 is 10.8. The van der Waals surface area contributed by atoms with E-state index in [2.05, 4.69) is 16.4 Å². The van der Waals surface area contributed by atoms with Crippen molar-refractivity contribution in [3.05, 3.63) is 35.9 Å². The van der Waals surface area contributed by atoms with Gasteiger partial charge >= 0.3 is 0 Å². The molecule has 0 saturated heterocycles. The second-order valence-corrected chi connectivity index (χ2v) is 5.20. The molecule has 0 aromatic heterocycles. The highest BCUT2D eigenvalue weighted by Gasteiger charge is 2.03. The predicted octanol–water partition coefficient (Wildman–Crippen LogP) is 2.55. The van der Waals surface area contributed by atoms with E-state index < -0.39 is 0 Å². The lowest BCUT2D eigenvalue weighted by Crippen LogP contribution is -2.23. The van der Waals surface area contributed by atoms with E-state index in [9.17, 15) is 0 Å². The fraction of sp³-hybridized carbons (Fsp3) is 0.438. The second kappa shape index (κ2) is 7.69. The largest absolute Gasteiger partial charge is 0.491 e. The van der Waals surface area contributed by atoms with Gasteiger partial charge in [-0.05, 0) is 50.1 Å². The van der Waals surface area contributed by atoms with Gasteiger partial charge in [0.05, 0.1) is 25.9 Å². The summed E-state index contributed by atoms with van der Waals surface area (Å²) in [4.78, 5) is 4.34. The van der Waals surface area contributed by atoms with Crippen LogP contribution in [0, 0.1) is 0 Å². The molecule has 0 saturated carbocycles.